The van der Waals surface area contributed by atoms with Crippen LogP contribution in [0.5, 0.6) is 5.75 Å². The number of hydrogen-bond acceptors (Lipinski definition) is 4. The molecule has 1 aliphatic rings. The Labute approximate surface area is 158 Å². The fourth-order valence-electron chi connectivity index (χ4n) is 3.01. The van der Waals surface area contributed by atoms with Gasteiger partial charge in [0.15, 0.2) is 0 Å². The number of ether oxygens (including phenoxy) is 1. The van der Waals surface area contributed by atoms with Crippen LogP contribution in [0.15, 0.2) is 48.5 Å². The van der Waals surface area contributed by atoms with E-state index < -0.39 is 0 Å². The lowest BCUT2D eigenvalue weighted by Crippen LogP contribution is -2.29. The number of nitrogens with zero attached hydrogens (tertiary/aromatic N) is 1. The molecule has 1 heterocycles. The van der Waals surface area contributed by atoms with Crippen molar-refractivity contribution in [1.82, 2.24) is 5.32 Å². The maximum absolute atomic E-state index is 12.5. The van der Waals surface area contributed by atoms with E-state index in [-0.39, 0.29) is 36.6 Å². The second-order valence-electron chi connectivity index (χ2n) is 6.37. The van der Waals surface area contributed by atoms with Crippen LogP contribution in [-0.4, -0.2) is 24.3 Å². The fourth-order valence-corrected chi connectivity index (χ4v) is 3.01. The zero-order chi connectivity index (χ0) is 19.4. The van der Waals surface area contributed by atoms with Crippen molar-refractivity contribution in [2.24, 2.45) is 0 Å². The van der Waals surface area contributed by atoms with Crippen LogP contribution in [0.3, 0.4) is 0 Å². The highest BCUT2D eigenvalue weighted by atomic mass is 16.5. The van der Waals surface area contributed by atoms with Gasteiger partial charge in [-0.1, -0.05) is 12.1 Å². The predicted octanol–water partition coefficient (Wildman–Crippen LogP) is 3.23. The van der Waals surface area contributed by atoms with Crippen molar-refractivity contribution >= 4 is 23.4 Å². The lowest BCUT2D eigenvalue weighted by atomic mass is 10.1. The molecule has 3 amide bonds. The molecule has 0 spiro atoms. The molecule has 1 fully saturated rings. The SMILES string of the molecule is CCOc1ccc(C(C)NC(=O)c2ccc(N3C(=O)CCC3=O)cc2)cc1. The van der Waals surface area contributed by atoms with Crippen molar-refractivity contribution in [1.29, 1.82) is 0 Å². The third kappa shape index (κ3) is 4.16. The molecule has 6 heteroatoms. The highest BCUT2D eigenvalue weighted by Crippen LogP contribution is 2.23. The molecule has 1 N–H and O–H groups in total. The number of amides is 3. The highest BCUT2D eigenvalue weighted by molar-refractivity contribution is 6.19. The number of benzene rings is 2. The van der Waals surface area contributed by atoms with Gasteiger partial charge in [0.1, 0.15) is 5.75 Å². The standard InChI is InChI=1S/C21H22N2O4/c1-3-27-18-10-6-15(7-11-18)14(2)22-21(26)16-4-8-17(9-5-16)23-19(24)12-13-20(23)25/h4-11,14H,3,12-13H2,1-2H3,(H,22,26). The van der Waals surface area contributed by atoms with E-state index in [1.165, 1.54) is 4.90 Å². The molecule has 0 bridgehead atoms. The normalized spacial score (nSPS) is 15.0. The average Bonchev–Trinajstić information content (AvgIpc) is 3.01. The lowest BCUT2D eigenvalue weighted by molar-refractivity contribution is -0.121. The zero-order valence-electron chi connectivity index (χ0n) is 15.4. The van der Waals surface area contributed by atoms with E-state index >= 15 is 0 Å². The summed E-state index contributed by atoms with van der Waals surface area (Å²) in [7, 11) is 0. The van der Waals surface area contributed by atoms with Gasteiger partial charge in [0, 0.05) is 18.4 Å². The van der Waals surface area contributed by atoms with Gasteiger partial charge in [-0.05, 0) is 55.8 Å². The first-order valence-corrected chi connectivity index (χ1v) is 8.99. The number of carbonyl (C=O) groups excluding carboxylic acids is 3. The summed E-state index contributed by atoms with van der Waals surface area (Å²) < 4.78 is 5.42. The van der Waals surface area contributed by atoms with Gasteiger partial charge in [-0.2, -0.15) is 0 Å². The van der Waals surface area contributed by atoms with Gasteiger partial charge in [0.25, 0.3) is 5.91 Å². The molecular formula is C21H22N2O4. The summed E-state index contributed by atoms with van der Waals surface area (Å²) in [4.78, 5) is 37.2. The Morgan fingerprint density at radius 1 is 1.04 bits per heavy atom. The van der Waals surface area contributed by atoms with Crippen molar-refractivity contribution in [3.05, 3.63) is 59.7 Å². The topological polar surface area (TPSA) is 75.7 Å². The van der Waals surface area contributed by atoms with Crippen molar-refractivity contribution in [2.45, 2.75) is 32.7 Å². The molecule has 6 nitrogen and oxygen atoms in total. The van der Waals surface area contributed by atoms with Crippen LogP contribution >= 0.6 is 0 Å². The van der Waals surface area contributed by atoms with Crippen LogP contribution in [0.4, 0.5) is 5.69 Å². The van der Waals surface area contributed by atoms with Crippen molar-refractivity contribution in [3.8, 4) is 5.75 Å². The molecule has 0 radical (unpaired) electrons. The molecule has 140 valence electrons. The number of anilines is 1. The minimum atomic E-state index is -0.220. The van der Waals surface area contributed by atoms with Crippen molar-refractivity contribution in [2.75, 3.05) is 11.5 Å². The Kier molecular flexibility index (Phi) is 5.54. The largest absolute Gasteiger partial charge is 0.494 e. The van der Waals surface area contributed by atoms with E-state index in [4.69, 9.17) is 4.74 Å². The van der Waals surface area contributed by atoms with Crippen LogP contribution < -0.4 is 15.0 Å². The van der Waals surface area contributed by atoms with Crippen LogP contribution in [-0.2, 0) is 9.59 Å². The first kappa shape index (κ1) is 18.6. The van der Waals surface area contributed by atoms with Crippen LogP contribution in [0, 0.1) is 0 Å². The van der Waals surface area contributed by atoms with Gasteiger partial charge in [0.2, 0.25) is 11.8 Å². The summed E-state index contributed by atoms with van der Waals surface area (Å²) in [6, 6.07) is 13.9. The van der Waals surface area contributed by atoms with E-state index in [2.05, 4.69) is 5.32 Å². The molecule has 1 saturated heterocycles. The first-order valence-electron chi connectivity index (χ1n) is 8.99. The maximum atomic E-state index is 12.5. The molecule has 2 aromatic carbocycles. The first-order chi connectivity index (χ1) is 13.0. The average molecular weight is 366 g/mol. The van der Waals surface area contributed by atoms with E-state index in [1.807, 2.05) is 38.1 Å². The number of nitrogens with one attached hydrogen (secondary N) is 1. The maximum Gasteiger partial charge on any atom is 0.251 e. The number of imide groups is 1. The van der Waals surface area contributed by atoms with Gasteiger partial charge in [-0.25, -0.2) is 0 Å². The van der Waals surface area contributed by atoms with E-state index in [1.54, 1.807) is 24.3 Å². The molecule has 3 rings (SSSR count). The van der Waals surface area contributed by atoms with Gasteiger partial charge in [-0.15, -0.1) is 0 Å². The summed E-state index contributed by atoms with van der Waals surface area (Å²) in [5.41, 5.74) is 1.94. The third-order valence-corrected chi connectivity index (χ3v) is 4.48. The van der Waals surface area contributed by atoms with Crippen molar-refractivity contribution in [3.63, 3.8) is 0 Å². The van der Waals surface area contributed by atoms with Crippen molar-refractivity contribution < 1.29 is 19.1 Å². The van der Waals surface area contributed by atoms with Gasteiger partial charge in [0.05, 0.1) is 18.3 Å². The quantitative estimate of drug-likeness (QED) is 0.797. The number of hydrogen-bond donors (Lipinski definition) is 1. The Balaban J connectivity index is 1.65. The summed E-state index contributed by atoms with van der Waals surface area (Å²) in [6.07, 6.45) is 0.474. The smallest absolute Gasteiger partial charge is 0.251 e. The molecule has 1 aliphatic heterocycles. The molecule has 1 atom stereocenters. The van der Waals surface area contributed by atoms with Crippen LogP contribution in [0.1, 0.15) is 48.7 Å². The predicted molar refractivity (Wildman–Crippen MR) is 102 cm³/mol. The monoisotopic (exact) mass is 366 g/mol. The van der Waals surface area contributed by atoms with Gasteiger partial charge >= 0.3 is 0 Å². The number of carbonyl (C=O) groups is 3. The summed E-state index contributed by atoms with van der Waals surface area (Å²) in [6.45, 7) is 4.44. The Hall–Kier alpha value is -3.15. The summed E-state index contributed by atoms with van der Waals surface area (Å²) in [5, 5.41) is 2.94. The minimum Gasteiger partial charge on any atom is -0.494 e. The van der Waals surface area contributed by atoms with E-state index in [9.17, 15) is 14.4 Å². The Morgan fingerprint density at radius 2 is 1.63 bits per heavy atom. The second-order valence-corrected chi connectivity index (χ2v) is 6.37. The molecule has 0 saturated carbocycles. The number of rotatable bonds is 6. The third-order valence-electron chi connectivity index (χ3n) is 4.48. The highest BCUT2D eigenvalue weighted by Gasteiger charge is 2.30. The lowest BCUT2D eigenvalue weighted by Gasteiger charge is -2.16. The van der Waals surface area contributed by atoms with Gasteiger partial charge < -0.3 is 10.1 Å². The zero-order valence-corrected chi connectivity index (χ0v) is 15.4. The fraction of sp³-hybridized carbons (Fsp3) is 0.286. The molecule has 0 aliphatic carbocycles. The molecule has 0 aromatic heterocycles. The second kappa shape index (κ2) is 8.03. The van der Waals surface area contributed by atoms with Crippen LogP contribution in [0.2, 0.25) is 0 Å². The summed E-state index contributed by atoms with van der Waals surface area (Å²) >= 11 is 0. The summed E-state index contributed by atoms with van der Waals surface area (Å²) in [5.74, 6) is 0.158. The van der Waals surface area contributed by atoms with E-state index in [0.29, 0.717) is 17.9 Å². The van der Waals surface area contributed by atoms with E-state index in [0.717, 1.165) is 11.3 Å². The van der Waals surface area contributed by atoms with Crippen LogP contribution in [0.25, 0.3) is 0 Å². The Bertz CT molecular complexity index is 827. The molecule has 1 unspecified atom stereocenters. The molecule has 2 aromatic rings. The Morgan fingerprint density at radius 3 is 2.19 bits per heavy atom. The molecular weight excluding hydrogens is 344 g/mol. The molecule has 27 heavy (non-hydrogen) atoms. The minimum absolute atomic E-state index is 0.172. The van der Waals surface area contributed by atoms with Gasteiger partial charge in [-0.3, -0.25) is 19.3 Å².